The second kappa shape index (κ2) is 17.4. The van der Waals surface area contributed by atoms with Crippen LogP contribution in [0, 0.1) is 12.7 Å². The second-order valence-electron chi connectivity index (χ2n) is 13.4. The van der Waals surface area contributed by atoms with Crippen LogP contribution in [0.5, 0.6) is 11.5 Å². The number of ether oxygens (including phenoxy) is 1. The molecule has 1 fully saturated rings. The highest BCUT2D eigenvalue weighted by atomic mass is 32.2. The van der Waals surface area contributed by atoms with Crippen molar-refractivity contribution >= 4 is 27.5 Å². The molecule has 8 nitrogen and oxygen atoms in total. The first-order valence-corrected chi connectivity index (χ1v) is 19.4. The van der Waals surface area contributed by atoms with Crippen molar-refractivity contribution in [2.24, 2.45) is 0 Å². The molecule has 2 amide bonds. The number of benzene rings is 5. The van der Waals surface area contributed by atoms with Crippen LogP contribution in [-0.4, -0.2) is 43.8 Å². The van der Waals surface area contributed by atoms with Gasteiger partial charge in [-0.15, -0.1) is 0 Å². The molecule has 1 atom stereocenters. The van der Waals surface area contributed by atoms with Crippen molar-refractivity contribution in [3.63, 3.8) is 0 Å². The van der Waals surface area contributed by atoms with Gasteiger partial charge >= 0.3 is 0 Å². The Labute approximate surface area is 311 Å². The molecule has 1 saturated carbocycles. The van der Waals surface area contributed by atoms with E-state index >= 15 is 0 Å². The van der Waals surface area contributed by atoms with Crippen molar-refractivity contribution in [3.05, 3.63) is 156 Å². The van der Waals surface area contributed by atoms with Gasteiger partial charge in [-0.1, -0.05) is 97.6 Å². The van der Waals surface area contributed by atoms with Crippen LogP contribution in [0.1, 0.15) is 48.8 Å². The summed E-state index contributed by atoms with van der Waals surface area (Å²) in [6, 6.07) is 36.3. The fraction of sp³-hybridized carbons (Fsp3) is 0.256. The van der Waals surface area contributed by atoms with Crippen molar-refractivity contribution in [1.29, 1.82) is 0 Å². The molecule has 53 heavy (non-hydrogen) atoms. The van der Waals surface area contributed by atoms with Crippen LogP contribution in [0.15, 0.2) is 138 Å². The lowest BCUT2D eigenvalue weighted by atomic mass is 9.94. The zero-order valence-corrected chi connectivity index (χ0v) is 30.6. The van der Waals surface area contributed by atoms with Crippen molar-refractivity contribution in [2.75, 3.05) is 10.8 Å². The number of nitrogens with one attached hydrogen (secondary N) is 1. The zero-order valence-electron chi connectivity index (χ0n) is 29.7. The summed E-state index contributed by atoms with van der Waals surface area (Å²) in [5, 5.41) is 3.20. The predicted molar refractivity (Wildman–Crippen MR) is 205 cm³/mol. The van der Waals surface area contributed by atoms with Gasteiger partial charge in [0, 0.05) is 19.0 Å². The summed E-state index contributed by atoms with van der Waals surface area (Å²) in [6.45, 7) is 1.22. The van der Waals surface area contributed by atoms with Crippen LogP contribution < -0.4 is 14.4 Å². The number of hydrogen-bond acceptors (Lipinski definition) is 5. The smallest absolute Gasteiger partial charge is 0.264 e. The first-order chi connectivity index (χ1) is 25.7. The maximum atomic E-state index is 14.8. The Kier molecular flexibility index (Phi) is 12.2. The minimum atomic E-state index is -4.28. The van der Waals surface area contributed by atoms with Crippen LogP contribution in [0.4, 0.5) is 10.1 Å². The maximum absolute atomic E-state index is 14.8. The van der Waals surface area contributed by atoms with Gasteiger partial charge in [0.1, 0.15) is 29.9 Å². The third-order valence-corrected chi connectivity index (χ3v) is 11.3. The third-order valence-electron chi connectivity index (χ3n) is 9.48. The van der Waals surface area contributed by atoms with E-state index in [9.17, 15) is 22.4 Å². The largest absolute Gasteiger partial charge is 0.457 e. The first kappa shape index (κ1) is 37.3. The molecule has 0 spiro atoms. The molecule has 5 aromatic rings. The van der Waals surface area contributed by atoms with Crippen LogP contribution in [0.3, 0.4) is 0 Å². The molecular weight excluding hydrogens is 690 g/mol. The van der Waals surface area contributed by atoms with Gasteiger partial charge in [0.05, 0.1) is 10.6 Å². The lowest BCUT2D eigenvalue weighted by Gasteiger charge is -2.35. The van der Waals surface area contributed by atoms with Gasteiger partial charge in [0.25, 0.3) is 10.0 Å². The molecule has 5 aromatic carbocycles. The van der Waals surface area contributed by atoms with Gasteiger partial charge in [-0.2, -0.15) is 0 Å². The minimum Gasteiger partial charge on any atom is -0.457 e. The van der Waals surface area contributed by atoms with Crippen LogP contribution in [0.25, 0.3) is 0 Å². The molecule has 0 aliphatic heterocycles. The number of carbonyl (C=O) groups is 2. The van der Waals surface area contributed by atoms with E-state index in [4.69, 9.17) is 4.74 Å². The lowest BCUT2D eigenvalue weighted by molar-refractivity contribution is -0.140. The Morgan fingerprint density at radius 3 is 2.00 bits per heavy atom. The molecule has 6 rings (SSSR count). The van der Waals surface area contributed by atoms with Gasteiger partial charge in [-0.3, -0.25) is 13.9 Å². The van der Waals surface area contributed by atoms with E-state index in [1.165, 1.54) is 29.2 Å². The number of halogens is 1. The average Bonchev–Trinajstić information content (AvgIpc) is 3.17. The Balaban J connectivity index is 1.38. The topological polar surface area (TPSA) is 96.0 Å². The van der Waals surface area contributed by atoms with Crippen LogP contribution in [0.2, 0.25) is 0 Å². The molecule has 274 valence electrons. The van der Waals surface area contributed by atoms with Crippen LogP contribution >= 0.6 is 0 Å². The van der Waals surface area contributed by atoms with E-state index < -0.39 is 34.3 Å². The highest BCUT2D eigenvalue weighted by molar-refractivity contribution is 7.92. The van der Waals surface area contributed by atoms with E-state index in [-0.39, 0.29) is 35.5 Å². The van der Waals surface area contributed by atoms with E-state index in [0.717, 1.165) is 47.5 Å². The lowest BCUT2D eigenvalue weighted by Crippen LogP contribution is -2.55. The Morgan fingerprint density at radius 2 is 1.36 bits per heavy atom. The third kappa shape index (κ3) is 9.90. The number of nitrogens with zero attached hydrogens (tertiary/aromatic N) is 2. The molecule has 0 aromatic heterocycles. The molecule has 0 saturated heterocycles. The molecule has 1 aliphatic rings. The minimum absolute atomic E-state index is 0.0153. The molecule has 0 bridgehead atoms. The Hall–Kier alpha value is -5.48. The van der Waals surface area contributed by atoms with Crippen LogP contribution in [-0.2, 0) is 32.6 Å². The molecule has 1 aliphatic carbocycles. The molecule has 10 heteroatoms. The fourth-order valence-corrected chi connectivity index (χ4v) is 7.97. The molecular formula is C43H44FN3O5S. The SMILES string of the molecule is Cc1ccc(S(=O)(=O)N(CC(=O)N(Cc2ccc(F)cc2)[C@H](Cc2ccccc2)C(=O)NC2CCCCC2)c2ccc(Oc3ccccc3)cc2)cc1. The number of carbonyl (C=O) groups excluding carboxylic acids is 2. The predicted octanol–water partition coefficient (Wildman–Crippen LogP) is 8.21. The summed E-state index contributed by atoms with van der Waals surface area (Å²) in [4.78, 5) is 30.5. The van der Waals surface area contributed by atoms with Gasteiger partial charge in [-0.25, -0.2) is 12.8 Å². The summed E-state index contributed by atoms with van der Waals surface area (Å²) >= 11 is 0. The van der Waals surface area contributed by atoms with E-state index in [1.807, 2.05) is 67.6 Å². The highest BCUT2D eigenvalue weighted by Crippen LogP contribution is 2.29. The summed E-state index contributed by atoms with van der Waals surface area (Å²) in [5.41, 5.74) is 2.56. The first-order valence-electron chi connectivity index (χ1n) is 18.0. The summed E-state index contributed by atoms with van der Waals surface area (Å²) in [6.07, 6.45) is 5.02. The fourth-order valence-electron chi connectivity index (χ4n) is 6.56. The van der Waals surface area contributed by atoms with Gasteiger partial charge in [0.15, 0.2) is 0 Å². The molecule has 0 heterocycles. The average molecular weight is 734 g/mol. The number of hydrogen-bond donors (Lipinski definition) is 1. The molecule has 0 unspecified atom stereocenters. The number of sulfonamides is 1. The standard InChI is InChI=1S/C43H44FN3O5S/c1-32-17-27-40(28-18-32)53(50,51)47(37-23-25-39(26-24-37)52-38-15-9-4-10-16-38)31-42(48)46(30-34-19-21-35(44)22-20-34)41(29-33-11-5-2-6-12-33)43(49)45-36-13-7-3-8-14-36/h2,4-6,9-12,15-28,36,41H,3,7-8,13-14,29-31H2,1H3,(H,45,49)/t41-/m1/s1. The monoisotopic (exact) mass is 733 g/mol. The highest BCUT2D eigenvalue weighted by Gasteiger charge is 2.35. The van der Waals surface area contributed by atoms with Crippen molar-refractivity contribution < 1.29 is 27.1 Å². The number of amides is 2. The number of anilines is 1. The molecule has 0 radical (unpaired) electrons. The number of para-hydroxylation sites is 1. The summed E-state index contributed by atoms with van der Waals surface area (Å²) < 4.78 is 49.9. The van der Waals surface area contributed by atoms with E-state index in [1.54, 1.807) is 48.5 Å². The zero-order chi connectivity index (χ0) is 37.2. The van der Waals surface area contributed by atoms with Gasteiger partial charge in [-0.05, 0) is 91.6 Å². The second-order valence-corrected chi connectivity index (χ2v) is 15.3. The summed E-state index contributed by atoms with van der Waals surface area (Å²) in [5.74, 6) is -0.232. The quantitative estimate of drug-likeness (QED) is 0.124. The summed E-state index contributed by atoms with van der Waals surface area (Å²) in [7, 11) is -4.28. The van der Waals surface area contributed by atoms with Crippen molar-refractivity contribution in [2.45, 2.75) is 69.0 Å². The Bertz CT molecular complexity index is 2060. The number of rotatable bonds is 14. The van der Waals surface area contributed by atoms with E-state index in [2.05, 4.69) is 5.32 Å². The van der Waals surface area contributed by atoms with Crippen molar-refractivity contribution in [3.8, 4) is 11.5 Å². The normalized spacial score (nSPS) is 13.8. The number of aryl methyl sites for hydroxylation is 1. The van der Waals surface area contributed by atoms with Gasteiger partial charge in [0.2, 0.25) is 11.8 Å². The molecule has 1 N–H and O–H groups in total. The Morgan fingerprint density at radius 1 is 0.755 bits per heavy atom. The van der Waals surface area contributed by atoms with Crippen molar-refractivity contribution in [1.82, 2.24) is 10.2 Å². The van der Waals surface area contributed by atoms with E-state index in [0.29, 0.717) is 17.1 Å². The maximum Gasteiger partial charge on any atom is 0.264 e. The van der Waals surface area contributed by atoms with Gasteiger partial charge < -0.3 is 15.0 Å².